The van der Waals surface area contributed by atoms with Crippen LogP contribution in [-0.2, 0) is 12.8 Å². The van der Waals surface area contributed by atoms with Crippen molar-refractivity contribution in [2.45, 2.75) is 46.5 Å². The van der Waals surface area contributed by atoms with Crippen LogP contribution >= 0.6 is 0 Å². The minimum Gasteiger partial charge on any atom is -0.494 e. The van der Waals surface area contributed by atoms with E-state index in [1.54, 1.807) is 0 Å². The molecule has 4 heteroatoms. The van der Waals surface area contributed by atoms with Crippen molar-refractivity contribution in [3.8, 4) is 5.75 Å². The van der Waals surface area contributed by atoms with Crippen molar-refractivity contribution < 1.29 is 4.74 Å². The van der Waals surface area contributed by atoms with Crippen molar-refractivity contribution in [2.24, 2.45) is 0 Å². The number of aryl methyl sites for hydroxylation is 4. The number of fused-ring (bicyclic) bond motifs is 4. The number of H-pyrrole nitrogens is 1. The first-order valence-electron chi connectivity index (χ1n) is 10.7. The average Bonchev–Trinajstić information content (AvgIpc) is 2.82. The van der Waals surface area contributed by atoms with Gasteiger partial charge in [-0.15, -0.1) is 0 Å². The highest BCUT2D eigenvalue weighted by atomic mass is 16.5. The first-order chi connectivity index (χ1) is 14.5. The van der Waals surface area contributed by atoms with Gasteiger partial charge in [0, 0.05) is 22.5 Å². The summed E-state index contributed by atoms with van der Waals surface area (Å²) in [6.45, 7) is 7.17. The van der Waals surface area contributed by atoms with Crippen LogP contribution in [0.5, 0.6) is 5.75 Å². The third-order valence-electron chi connectivity index (χ3n) is 5.68. The predicted molar refractivity (Wildman–Crippen MR) is 123 cm³/mol. The highest BCUT2D eigenvalue weighted by Gasteiger charge is 2.07. The predicted octanol–water partition coefficient (Wildman–Crippen LogP) is 5.78. The molecule has 0 radical (unpaired) electrons. The van der Waals surface area contributed by atoms with Gasteiger partial charge in [-0.05, 0) is 79.6 Å². The molecular formula is C26H29N3O. The lowest BCUT2D eigenvalue weighted by Gasteiger charge is -2.10. The third kappa shape index (κ3) is 4.23. The largest absolute Gasteiger partial charge is 0.494 e. The van der Waals surface area contributed by atoms with Crippen LogP contribution in [0.4, 0.5) is 0 Å². The van der Waals surface area contributed by atoms with Gasteiger partial charge in [0.1, 0.15) is 11.1 Å². The summed E-state index contributed by atoms with van der Waals surface area (Å²) in [6.07, 6.45) is 5.94. The molecule has 0 atom stereocenters. The molecular weight excluding hydrogens is 370 g/mol. The topological polar surface area (TPSA) is 61.8 Å². The molecule has 4 aromatic rings. The molecule has 2 heterocycles. The number of hydrogen-bond acceptors (Lipinski definition) is 3. The number of unbranched alkanes of at least 4 members (excludes halogenated alkanes) is 1. The molecule has 0 unspecified atom stereocenters. The fraction of sp³-hybridized carbons (Fsp3) is 0.308. The number of nitrogens with zero attached hydrogens (tertiary/aromatic N) is 1. The second-order valence-corrected chi connectivity index (χ2v) is 8.08. The van der Waals surface area contributed by atoms with Gasteiger partial charge >= 0.3 is 0 Å². The number of pyridine rings is 1. The summed E-state index contributed by atoms with van der Waals surface area (Å²) < 4.78 is 5.82. The molecule has 0 saturated heterocycles. The standard InChI is InChI=1S/C26H29N3O/c1-4-5-12-30-21-10-9-20(18(3)14-21)8-7-19-15-23-22-11-6-17(2)13-24(22)29-26(25(23)27)28-16-19/h6,9-11,13-16,27H,4-5,7-8,12H2,1-3H3,(H,28,29). The fourth-order valence-electron chi connectivity index (χ4n) is 3.85. The van der Waals surface area contributed by atoms with E-state index in [0.717, 1.165) is 59.9 Å². The number of nitrogens with one attached hydrogen (secondary N) is 2. The summed E-state index contributed by atoms with van der Waals surface area (Å²) in [6, 6.07) is 14.8. The molecule has 30 heavy (non-hydrogen) atoms. The summed E-state index contributed by atoms with van der Waals surface area (Å²) in [4.78, 5) is 7.89. The zero-order valence-corrected chi connectivity index (χ0v) is 18.0. The van der Waals surface area contributed by atoms with Crippen LogP contribution in [0.1, 0.15) is 42.0 Å². The molecule has 0 fully saturated rings. The van der Waals surface area contributed by atoms with Crippen molar-refractivity contribution >= 4 is 21.9 Å². The lowest BCUT2D eigenvalue weighted by Crippen LogP contribution is -2.04. The van der Waals surface area contributed by atoms with Gasteiger partial charge in [0.25, 0.3) is 0 Å². The molecule has 0 saturated carbocycles. The first-order valence-corrected chi connectivity index (χ1v) is 10.7. The second kappa shape index (κ2) is 8.70. The van der Waals surface area contributed by atoms with Crippen LogP contribution in [-0.4, -0.2) is 16.6 Å². The number of aromatic nitrogens is 2. The Bertz CT molecular complexity index is 1260. The Labute approximate surface area is 177 Å². The molecule has 4 rings (SSSR count). The molecule has 2 aromatic carbocycles. The summed E-state index contributed by atoms with van der Waals surface area (Å²) in [5.74, 6) is 0.951. The Kier molecular flexibility index (Phi) is 5.84. The van der Waals surface area contributed by atoms with E-state index >= 15 is 0 Å². The number of hydrogen-bond donors (Lipinski definition) is 2. The lowest BCUT2D eigenvalue weighted by atomic mass is 10.0. The summed E-state index contributed by atoms with van der Waals surface area (Å²) >= 11 is 0. The molecule has 2 bridgehead atoms. The lowest BCUT2D eigenvalue weighted by molar-refractivity contribution is 0.309. The molecule has 2 aromatic heterocycles. The Morgan fingerprint density at radius 3 is 2.67 bits per heavy atom. The monoisotopic (exact) mass is 399 g/mol. The second-order valence-electron chi connectivity index (χ2n) is 8.08. The van der Waals surface area contributed by atoms with Crippen molar-refractivity contribution in [3.05, 3.63) is 76.3 Å². The maximum atomic E-state index is 8.53. The van der Waals surface area contributed by atoms with Gasteiger partial charge in [-0.1, -0.05) is 31.5 Å². The molecule has 0 aliphatic heterocycles. The quantitative estimate of drug-likeness (QED) is 0.387. The van der Waals surface area contributed by atoms with E-state index in [9.17, 15) is 0 Å². The van der Waals surface area contributed by atoms with Gasteiger partial charge in [0.2, 0.25) is 0 Å². The highest BCUT2D eigenvalue weighted by Crippen LogP contribution is 2.21. The minimum absolute atomic E-state index is 0.461. The van der Waals surface area contributed by atoms with E-state index in [4.69, 9.17) is 10.1 Å². The highest BCUT2D eigenvalue weighted by molar-refractivity contribution is 5.97. The van der Waals surface area contributed by atoms with Crippen LogP contribution in [0, 0.1) is 19.3 Å². The molecule has 0 aliphatic carbocycles. The van der Waals surface area contributed by atoms with Crippen molar-refractivity contribution in [3.63, 3.8) is 0 Å². The van der Waals surface area contributed by atoms with Crippen molar-refractivity contribution in [2.75, 3.05) is 6.61 Å². The van der Waals surface area contributed by atoms with Crippen molar-refractivity contribution in [1.29, 1.82) is 5.41 Å². The van der Waals surface area contributed by atoms with Gasteiger partial charge in [-0.25, -0.2) is 4.98 Å². The molecule has 0 aliphatic rings. The number of rotatable bonds is 7. The smallest absolute Gasteiger partial charge is 0.156 e. The van der Waals surface area contributed by atoms with Crippen LogP contribution in [0.3, 0.4) is 0 Å². The first kappa shape index (κ1) is 20.1. The van der Waals surface area contributed by atoms with Gasteiger partial charge < -0.3 is 9.72 Å². The van der Waals surface area contributed by atoms with Crippen LogP contribution < -0.4 is 10.1 Å². The summed E-state index contributed by atoms with van der Waals surface area (Å²) in [7, 11) is 0. The van der Waals surface area contributed by atoms with Crippen LogP contribution in [0.15, 0.2) is 48.7 Å². The molecule has 4 nitrogen and oxygen atoms in total. The van der Waals surface area contributed by atoms with Gasteiger partial charge in [0.05, 0.1) is 6.61 Å². The van der Waals surface area contributed by atoms with Gasteiger partial charge in [-0.3, -0.25) is 5.41 Å². The summed E-state index contributed by atoms with van der Waals surface area (Å²) in [5.41, 5.74) is 6.56. The van der Waals surface area contributed by atoms with E-state index < -0.39 is 0 Å². The van der Waals surface area contributed by atoms with Crippen molar-refractivity contribution in [1.82, 2.24) is 9.97 Å². The van der Waals surface area contributed by atoms with E-state index in [-0.39, 0.29) is 0 Å². The van der Waals surface area contributed by atoms with E-state index in [2.05, 4.69) is 73.2 Å². The fourth-order valence-corrected chi connectivity index (χ4v) is 3.85. The van der Waals surface area contributed by atoms with E-state index in [1.165, 1.54) is 16.7 Å². The number of benzene rings is 2. The Morgan fingerprint density at radius 2 is 1.87 bits per heavy atom. The average molecular weight is 400 g/mol. The zero-order valence-electron chi connectivity index (χ0n) is 18.0. The molecule has 2 N–H and O–H groups in total. The van der Waals surface area contributed by atoms with Gasteiger partial charge in [-0.2, -0.15) is 0 Å². The maximum absolute atomic E-state index is 8.53. The van der Waals surface area contributed by atoms with Crippen LogP contribution in [0.2, 0.25) is 0 Å². The molecule has 0 amide bonds. The van der Waals surface area contributed by atoms with Crippen LogP contribution in [0.25, 0.3) is 21.9 Å². The van der Waals surface area contributed by atoms with E-state index in [0.29, 0.717) is 11.0 Å². The molecule has 0 spiro atoms. The molecule has 154 valence electrons. The van der Waals surface area contributed by atoms with E-state index in [1.807, 2.05) is 6.20 Å². The summed E-state index contributed by atoms with van der Waals surface area (Å²) in [5, 5.41) is 11.0. The minimum atomic E-state index is 0.461. The van der Waals surface area contributed by atoms with Gasteiger partial charge in [0.15, 0.2) is 5.65 Å². The third-order valence-corrected chi connectivity index (χ3v) is 5.68. The Hall–Kier alpha value is -3.14. The normalized spacial score (nSPS) is 11.3. The maximum Gasteiger partial charge on any atom is 0.156 e. The number of ether oxygens (including phenoxy) is 1. The Morgan fingerprint density at radius 1 is 1.00 bits per heavy atom. The Balaban J connectivity index is 1.60. The SMILES string of the molecule is CCCCOc1ccc(CCc2cnc3[nH]c4cc(C)ccc4c(c2)c3=N)c(C)c1. The number of aromatic amines is 1. The zero-order chi connectivity index (χ0) is 21.1.